The van der Waals surface area contributed by atoms with E-state index >= 15 is 0 Å². The number of hydrogen-bond donors (Lipinski definition) is 0. The number of rotatable bonds is 3. The standard InChI is InChI=1S/C18H22NO3P/c1-18(2,3)23-16-13(20-4)9-7-10-14(16)22-17(23)12-8-6-11-15(19-12)21-5/h6-11,17H,1-5H3/t17-,23?/m0/s1. The molecule has 0 saturated carbocycles. The Bertz CT molecular complexity index is 712. The highest BCUT2D eigenvalue weighted by Crippen LogP contribution is 2.66. The molecule has 2 aromatic rings. The van der Waals surface area contributed by atoms with Crippen LogP contribution in [0, 0.1) is 0 Å². The Morgan fingerprint density at radius 2 is 1.78 bits per heavy atom. The number of ether oxygens (including phenoxy) is 3. The van der Waals surface area contributed by atoms with Gasteiger partial charge >= 0.3 is 0 Å². The number of aromatic nitrogens is 1. The molecule has 1 aromatic carbocycles. The first-order valence-electron chi connectivity index (χ1n) is 7.59. The second-order valence-electron chi connectivity index (χ2n) is 6.42. The zero-order valence-corrected chi connectivity index (χ0v) is 15.1. The van der Waals surface area contributed by atoms with Gasteiger partial charge in [-0.25, -0.2) is 4.98 Å². The Balaban J connectivity index is 2.12. The SMILES string of the molecule is COc1cccc([C@H]2Oc3cccc(OC)c3P2C(C)(C)C)n1. The first kappa shape index (κ1) is 16.1. The van der Waals surface area contributed by atoms with Crippen molar-refractivity contribution in [2.75, 3.05) is 14.2 Å². The predicted octanol–water partition coefficient (Wildman–Crippen LogP) is 4.10. The molecule has 0 N–H and O–H groups in total. The van der Waals surface area contributed by atoms with Gasteiger partial charge in [-0.15, -0.1) is 0 Å². The zero-order valence-electron chi connectivity index (χ0n) is 14.2. The number of nitrogens with zero attached hydrogens (tertiary/aromatic N) is 1. The normalized spacial score (nSPS) is 19.9. The maximum atomic E-state index is 6.30. The van der Waals surface area contributed by atoms with Crippen LogP contribution in [0.2, 0.25) is 0 Å². The van der Waals surface area contributed by atoms with Crippen molar-refractivity contribution in [3.63, 3.8) is 0 Å². The summed E-state index contributed by atoms with van der Waals surface area (Å²) in [4.78, 5) is 4.60. The van der Waals surface area contributed by atoms with Crippen LogP contribution in [-0.4, -0.2) is 24.4 Å². The maximum absolute atomic E-state index is 6.30. The van der Waals surface area contributed by atoms with Gasteiger partial charge in [-0.3, -0.25) is 0 Å². The highest BCUT2D eigenvalue weighted by atomic mass is 31.1. The Labute approximate surface area is 138 Å². The Kier molecular flexibility index (Phi) is 4.20. The number of hydrogen-bond acceptors (Lipinski definition) is 4. The summed E-state index contributed by atoms with van der Waals surface area (Å²) >= 11 is 0. The van der Waals surface area contributed by atoms with Crippen LogP contribution in [0.1, 0.15) is 32.3 Å². The van der Waals surface area contributed by atoms with E-state index in [0.29, 0.717) is 5.88 Å². The summed E-state index contributed by atoms with van der Waals surface area (Å²) in [6.45, 7) is 6.74. The van der Waals surface area contributed by atoms with Crippen molar-refractivity contribution in [1.82, 2.24) is 4.98 Å². The van der Waals surface area contributed by atoms with Gasteiger partial charge in [-0.1, -0.05) is 32.9 Å². The molecule has 0 bridgehead atoms. The van der Waals surface area contributed by atoms with Crippen LogP contribution in [0.4, 0.5) is 0 Å². The molecule has 122 valence electrons. The fourth-order valence-corrected chi connectivity index (χ4v) is 5.86. The van der Waals surface area contributed by atoms with Crippen molar-refractivity contribution in [2.45, 2.75) is 31.8 Å². The largest absolute Gasteiger partial charge is 0.496 e. The minimum atomic E-state index is -0.651. The first-order chi connectivity index (χ1) is 11.0. The molecule has 23 heavy (non-hydrogen) atoms. The second-order valence-corrected chi connectivity index (χ2v) is 9.42. The fraction of sp³-hybridized carbons (Fsp3) is 0.389. The molecule has 5 heteroatoms. The molecule has 0 aliphatic carbocycles. The third-order valence-corrected chi connectivity index (χ3v) is 7.03. The summed E-state index contributed by atoms with van der Waals surface area (Å²) < 4.78 is 17.2. The molecule has 1 aliphatic heterocycles. The van der Waals surface area contributed by atoms with E-state index in [2.05, 4.69) is 25.8 Å². The van der Waals surface area contributed by atoms with E-state index in [0.717, 1.165) is 17.2 Å². The van der Waals surface area contributed by atoms with Gasteiger partial charge in [-0.05, 0) is 31.3 Å². The molecule has 0 spiro atoms. The van der Waals surface area contributed by atoms with Crippen molar-refractivity contribution >= 4 is 13.2 Å². The van der Waals surface area contributed by atoms with Gasteiger partial charge in [0.2, 0.25) is 5.88 Å². The number of methoxy groups -OCH3 is 2. The number of fused-ring (bicyclic) bond motifs is 1. The third-order valence-electron chi connectivity index (χ3n) is 3.83. The molecule has 0 fully saturated rings. The van der Waals surface area contributed by atoms with Crippen LogP contribution in [0.3, 0.4) is 0 Å². The molecule has 1 aliphatic rings. The molecule has 2 heterocycles. The van der Waals surface area contributed by atoms with Crippen LogP contribution in [0.15, 0.2) is 36.4 Å². The summed E-state index contributed by atoms with van der Waals surface area (Å²) in [5, 5.41) is 1.25. The fourth-order valence-electron chi connectivity index (χ4n) is 2.85. The van der Waals surface area contributed by atoms with E-state index in [1.54, 1.807) is 14.2 Å². The van der Waals surface area contributed by atoms with Crippen molar-refractivity contribution < 1.29 is 14.2 Å². The lowest BCUT2D eigenvalue weighted by molar-refractivity contribution is 0.291. The molecule has 0 saturated heterocycles. The van der Waals surface area contributed by atoms with Crippen LogP contribution >= 0.6 is 7.92 Å². The van der Waals surface area contributed by atoms with Gasteiger partial charge in [0.15, 0.2) is 5.85 Å². The molecular formula is C18H22NO3P. The zero-order chi connectivity index (χ0) is 16.6. The van der Waals surface area contributed by atoms with Crippen molar-refractivity contribution in [1.29, 1.82) is 0 Å². The second kappa shape index (κ2) is 6.01. The molecule has 3 rings (SSSR count). The van der Waals surface area contributed by atoms with Gasteiger partial charge < -0.3 is 14.2 Å². The van der Waals surface area contributed by atoms with Crippen LogP contribution in [-0.2, 0) is 0 Å². The van der Waals surface area contributed by atoms with Crippen molar-refractivity contribution in [2.24, 2.45) is 0 Å². The summed E-state index contributed by atoms with van der Waals surface area (Å²) in [6.07, 6.45) is 0. The molecule has 1 unspecified atom stereocenters. The van der Waals surface area contributed by atoms with E-state index in [1.807, 2.05) is 36.4 Å². The molecule has 2 atom stereocenters. The minimum absolute atomic E-state index is 0.0602. The monoisotopic (exact) mass is 331 g/mol. The Hall–Kier alpha value is -1.80. The van der Waals surface area contributed by atoms with Crippen molar-refractivity contribution in [3.8, 4) is 17.4 Å². The predicted molar refractivity (Wildman–Crippen MR) is 93.5 cm³/mol. The van der Waals surface area contributed by atoms with Crippen LogP contribution in [0.5, 0.6) is 17.4 Å². The van der Waals surface area contributed by atoms with Gasteiger partial charge in [-0.2, -0.15) is 0 Å². The lowest BCUT2D eigenvalue weighted by atomic mass is 10.3. The van der Waals surface area contributed by atoms with Crippen LogP contribution in [0.25, 0.3) is 0 Å². The third kappa shape index (κ3) is 2.88. The Morgan fingerprint density at radius 1 is 1.04 bits per heavy atom. The molecule has 1 aromatic heterocycles. The average Bonchev–Trinajstić information content (AvgIpc) is 2.94. The lowest BCUT2D eigenvalue weighted by Crippen LogP contribution is -2.21. The number of benzene rings is 1. The summed E-state index contributed by atoms with van der Waals surface area (Å²) in [7, 11) is 2.69. The highest BCUT2D eigenvalue weighted by molar-refractivity contribution is 7.68. The van der Waals surface area contributed by atoms with Gasteiger partial charge in [0.05, 0.1) is 25.2 Å². The smallest absolute Gasteiger partial charge is 0.213 e. The van der Waals surface area contributed by atoms with Gasteiger partial charge in [0.25, 0.3) is 0 Å². The summed E-state index contributed by atoms with van der Waals surface area (Å²) in [5.74, 6) is 2.32. The van der Waals surface area contributed by atoms with Crippen LogP contribution < -0.4 is 19.5 Å². The molecular weight excluding hydrogens is 309 g/mol. The van der Waals surface area contributed by atoms with Gasteiger partial charge in [0, 0.05) is 6.07 Å². The van der Waals surface area contributed by atoms with E-state index in [1.165, 1.54) is 5.30 Å². The topological polar surface area (TPSA) is 40.6 Å². The quantitative estimate of drug-likeness (QED) is 0.794. The summed E-state index contributed by atoms with van der Waals surface area (Å²) in [6, 6.07) is 11.8. The van der Waals surface area contributed by atoms with Gasteiger partial charge in [0.1, 0.15) is 11.5 Å². The lowest BCUT2D eigenvalue weighted by Gasteiger charge is -2.31. The maximum Gasteiger partial charge on any atom is 0.213 e. The van der Waals surface area contributed by atoms with Crippen molar-refractivity contribution in [3.05, 3.63) is 42.1 Å². The molecule has 0 radical (unpaired) electrons. The van der Waals surface area contributed by atoms with E-state index in [9.17, 15) is 0 Å². The number of pyridine rings is 1. The Morgan fingerprint density at radius 3 is 2.43 bits per heavy atom. The van der Waals surface area contributed by atoms with E-state index in [4.69, 9.17) is 14.2 Å². The average molecular weight is 331 g/mol. The summed E-state index contributed by atoms with van der Waals surface area (Å²) in [5.41, 5.74) is 0.906. The molecule has 0 amide bonds. The first-order valence-corrected chi connectivity index (χ1v) is 9.00. The minimum Gasteiger partial charge on any atom is -0.496 e. The van der Waals surface area contributed by atoms with E-state index in [-0.39, 0.29) is 11.0 Å². The molecule has 4 nitrogen and oxygen atoms in total. The highest BCUT2D eigenvalue weighted by Gasteiger charge is 2.45. The van der Waals surface area contributed by atoms with E-state index < -0.39 is 7.92 Å².